The van der Waals surface area contributed by atoms with Crippen LogP contribution in [0.3, 0.4) is 0 Å². The number of rotatable bonds is 3. The normalized spacial score (nSPS) is 19.5. The Bertz CT molecular complexity index is 2970. The average molecular weight is 832 g/mol. The van der Waals surface area contributed by atoms with Crippen molar-refractivity contribution in [2.75, 3.05) is 9.80 Å². The molecule has 2 aliphatic carbocycles. The van der Waals surface area contributed by atoms with Gasteiger partial charge >= 0.3 is 0 Å². The van der Waals surface area contributed by atoms with Crippen LogP contribution >= 0.6 is 0 Å². The van der Waals surface area contributed by atoms with Crippen molar-refractivity contribution in [3.05, 3.63) is 148 Å². The highest BCUT2D eigenvalue weighted by molar-refractivity contribution is 7.00. The first-order chi connectivity index (χ1) is 30.6. The van der Waals surface area contributed by atoms with Crippen molar-refractivity contribution in [2.45, 2.75) is 156 Å². The smallest absolute Gasteiger partial charge is 0.252 e. The van der Waals surface area contributed by atoms with Gasteiger partial charge in [0.05, 0.1) is 5.69 Å². The predicted molar refractivity (Wildman–Crippen MR) is 274 cm³/mol. The molecule has 0 amide bonds. The molecule has 0 saturated carbocycles. The first kappa shape index (κ1) is 38.4. The first-order valence-electron chi connectivity index (χ1n) is 25.1. The second-order valence-corrected chi connectivity index (χ2v) is 24.3. The molecule has 0 aromatic heterocycles. The molecular formula is C60H69BN2. The zero-order chi connectivity index (χ0) is 47.5. The van der Waals surface area contributed by atoms with Crippen molar-refractivity contribution < 1.29 is 4.11 Å². The van der Waals surface area contributed by atoms with Crippen molar-refractivity contribution >= 4 is 57.2 Å². The van der Waals surface area contributed by atoms with Crippen LogP contribution in [0.1, 0.15) is 159 Å². The van der Waals surface area contributed by atoms with Gasteiger partial charge in [0.2, 0.25) is 0 Å². The summed E-state index contributed by atoms with van der Waals surface area (Å²) >= 11 is 0. The summed E-state index contributed by atoms with van der Waals surface area (Å²) in [5, 5.41) is 0. The molecule has 4 aliphatic rings. The van der Waals surface area contributed by atoms with E-state index in [0.717, 1.165) is 70.0 Å². The molecule has 0 saturated heterocycles. The number of hydrogen-bond acceptors (Lipinski definition) is 2. The topological polar surface area (TPSA) is 6.48 Å². The van der Waals surface area contributed by atoms with E-state index in [2.05, 4.69) is 204 Å². The van der Waals surface area contributed by atoms with E-state index in [-0.39, 0.29) is 39.2 Å². The molecule has 63 heavy (non-hydrogen) atoms. The van der Waals surface area contributed by atoms with Crippen LogP contribution in [0.4, 0.5) is 34.1 Å². The number of benzene rings is 6. The summed E-state index contributed by atoms with van der Waals surface area (Å²) in [5.74, 6) is 0. The SMILES string of the molecule is [2H]C([2H])([2H])c1cc2c3c(c1)N(c1ccc(C(C)(C)C)cc1-c1ccccc1)c1ccc(C(C)(C)C)cc1B3c1cc3c(cc1N2c1ccc2c(c1)C(C)(C)CC2(C)C)C(C)(C)CCC3(C)C. The molecule has 0 radical (unpaired) electrons. The fraction of sp³-hybridized carbons (Fsp3) is 0.400. The lowest BCUT2D eigenvalue weighted by atomic mass is 9.33. The summed E-state index contributed by atoms with van der Waals surface area (Å²) in [4.78, 5) is 4.89. The van der Waals surface area contributed by atoms with Crippen molar-refractivity contribution in [2.24, 2.45) is 0 Å². The van der Waals surface area contributed by atoms with Gasteiger partial charge in [-0.05, 0) is 168 Å². The van der Waals surface area contributed by atoms with Crippen molar-refractivity contribution in [3.8, 4) is 11.1 Å². The Labute approximate surface area is 384 Å². The first-order valence-corrected chi connectivity index (χ1v) is 23.6. The monoisotopic (exact) mass is 832 g/mol. The highest BCUT2D eigenvalue weighted by atomic mass is 15.2. The van der Waals surface area contributed by atoms with E-state index < -0.39 is 6.85 Å². The van der Waals surface area contributed by atoms with E-state index in [4.69, 9.17) is 4.11 Å². The van der Waals surface area contributed by atoms with Gasteiger partial charge in [0, 0.05) is 38.1 Å². The van der Waals surface area contributed by atoms with E-state index in [0.29, 0.717) is 5.56 Å². The maximum atomic E-state index is 9.14. The van der Waals surface area contributed by atoms with Gasteiger partial charge in [0.1, 0.15) is 0 Å². The molecule has 3 heteroatoms. The molecular weight excluding hydrogens is 759 g/mol. The van der Waals surface area contributed by atoms with Crippen LogP contribution in [0.15, 0.2) is 109 Å². The lowest BCUT2D eigenvalue weighted by molar-refractivity contribution is 0.332. The highest BCUT2D eigenvalue weighted by Crippen LogP contribution is 2.54. The molecule has 2 nitrogen and oxygen atoms in total. The molecule has 322 valence electrons. The van der Waals surface area contributed by atoms with Crippen LogP contribution in [0.2, 0.25) is 0 Å². The van der Waals surface area contributed by atoms with Crippen molar-refractivity contribution in [3.63, 3.8) is 0 Å². The average Bonchev–Trinajstić information content (AvgIpc) is 3.42. The lowest BCUT2D eigenvalue weighted by Gasteiger charge is -2.48. The van der Waals surface area contributed by atoms with E-state index >= 15 is 0 Å². The molecule has 10 rings (SSSR count). The standard InChI is InChI=1S/C60H69BN2/c1-37-29-52-54-53(30-37)63(49-25-21-39(55(2,3)4)31-42(49)38-19-17-16-18-20-38)50-26-22-40(56(5,6)7)32-47(50)61(54)48-34-45-46(58(10,11)28-27-57(45,8)9)35-51(48)62(52)41-23-24-43-44(33-41)60(14,15)36-59(43,12)13/h16-26,29-35H,27-28,36H2,1-15H3/i1D3. The van der Waals surface area contributed by atoms with Gasteiger partial charge in [-0.15, -0.1) is 0 Å². The van der Waals surface area contributed by atoms with Crippen LogP contribution in [-0.2, 0) is 32.5 Å². The molecule has 2 heterocycles. The summed E-state index contributed by atoms with van der Waals surface area (Å²) in [6, 6.07) is 41.1. The van der Waals surface area contributed by atoms with E-state index in [9.17, 15) is 0 Å². The van der Waals surface area contributed by atoms with Crippen molar-refractivity contribution in [1.29, 1.82) is 0 Å². The Morgan fingerprint density at radius 2 is 1.05 bits per heavy atom. The molecule has 0 unspecified atom stereocenters. The minimum atomic E-state index is -2.36. The summed E-state index contributed by atoms with van der Waals surface area (Å²) in [6.45, 7) is 30.5. The zero-order valence-corrected chi connectivity index (χ0v) is 40.5. The Morgan fingerprint density at radius 3 is 1.68 bits per heavy atom. The third-order valence-corrected chi connectivity index (χ3v) is 15.7. The fourth-order valence-corrected chi connectivity index (χ4v) is 12.2. The van der Waals surface area contributed by atoms with E-state index in [1.165, 1.54) is 44.3 Å². The molecule has 0 bridgehead atoms. The number of hydrogen-bond donors (Lipinski definition) is 0. The van der Waals surface area contributed by atoms with Gasteiger partial charge in [-0.1, -0.05) is 158 Å². The van der Waals surface area contributed by atoms with Gasteiger partial charge in [-0.2, -0.15) is 0 Å². The minimum absolute atomic E-state index is 0.0156. The minimum Gasteiger partial charge on any atom is -0.311 e. The second kappa shape index (κ2) is 13.5. The third kappa shape index (κ3) is 6.49. The van der Waals surface area contributed by atoms with Crippen LogP contribution < -0.4 is 26.2 Å². The van der Waals surface area contributed by atoms with Crippen LogP contribution in [0.25, 0.3) is 11.1 Å². The molecule has 6 aromatic rings. The molecule has 0 fully saturated rings. The Hall–Kier alpha value is -5.02. The second-order valence-electron chi connectivity index (χ2n) is 24.3. The van der Waals surface area contributed by atoms with Crippen LogP contribution in [0.5, 0.6) is 0 Å². The van der Waals surface area contributed by atoms with E-state index in [1.807, 2.05) is 12.1 Å². The van der Waals surface area contributed by atoms with Gasteiger partial charge in [-0.25, -0.2) is 0 Å². The number of nitrogens with zero attached hydrogens (tertiary/aromatic N) is 2. The quantitative estimate of drug-likeness (QED) is 0.164. The van der Waals surface area contributed by atoms with Gasteiger partial charge in [-0.3, -0.25) is 0 Å². The molecule has 0 atom stereocenters. The van der Waals surface area contributed by atoms with Crippen LogP contribution in [0, 0.1) is 6.85 Å². The summed E-state index contributed by atoms with van der Waals surface area (Å²) in [7, 11) is 0. The lowest BCUT2D eigenvalue weighted by Crippen LogP contribution is -2.62. The predicted octanol–water partition coefficient (Wildman–Crippen LogP) is 14.6. The summed E-state index contributed by atoms with van der Waals surface area (Å²) in [5.41, 5.74) is 20.4. The maximum Gasteiger partial charge on any atom is 0.252 e. The Balaban J connectivity index is 1.37. The number of fused-ring (bicyclic) bond motifs is 6. The third-order valence-electron chi connectivity index (χ3n) is 15.7. The Kier molecular flexibility index (Phi) is 8.24. The zero-order valence-electron chi connectivity index (χ0n) is 43.5. The molecule has 2 aliphatic heterocycles. The van der Waals surface area contributed by atoms with Gasteiger partial charge in [0.25, 0.3) is 6.71 Å². The maximum absolute atomic E-state index is 9.14. The van der Waals surface area contributed by atoms with Gasteiger partial charge in [0.15, 0.2) is 0 Å². The summed E-state index contributed by atoms with van der Waals surface area (Å²) in [6.07, 6.45) is 3.29. The molecule has 0 N–H and O–H groups in total. The van der Waals surface area contributed by atoms with Crippen molar-refractivity contribution in [1.82, 2.24) is 0 Å². The Morgan fingerprint density at radius 1 is 0.492 bits per heavy atom. The number of aryl methyl sites for hydroxylation is 1. The summed E-state index contributed by atoms with van der Waals surface area (Å²) < 4.78 is 27.4. The fourth-order valence-electron chi connectivity index (χ4n) is 12.2. The highest BCUT2D eigenvalue weighted by Gasteiger charge is 2.48. The molecule has 0 spiro atoms. The van der Waals surface area contributed by atoms with Gasteiger partial charge < -0.3 is 9.80 Å². The van der Waals surface area contributed by atoms with Crippen LogP contribution in [-0.4, -0.2) is 6.71 Å². The largest absolute Gasteiger partial charge is 0.311 e. The number of anilines is 6. The molecule has 6 aromatic carbocycles. The van der Waals surface area contributed by atoms with E-state index in [1.54, 1.807) is 0 Å².